The number of amides is 1. The third-order valence-electron chi connectivity index (χ3n) is 9.06. The lowest BCUT2D eigenvalue weighted by Gasteiger charge is -2.38. The highest BCUT2D eigenvalue weighted by Crippen LogP contribution is 2.47. The lowest BCUT2D eigenvalue weighted by atomic mass is 9.75. The zero-order valence-corrected chi connectivity index (χ0v) is 28.0. The molecule has 2 aliphatic rings. The molecule has 0 bridgehead atoms. The van der Waals surface area contributed by atoms with E-state index in [9.17, 15) is 4.79 Å². The Morgan fingerprint density at radius 1 is 0.841 bits per heavy atom. The van der Waals surface area contributed by atoms with E-state index in [4.69, 9.17) is 26.4 Å². The Hall–Kier alpha value is -2.54. The largest absolute Gasteiger partial charge is 0.452 e. The van der Waals surface area contributed by atoms with E-state index >= 15 is 0 Å². The topological polar surface area (TPSA) is 48.0 Å². The monoisotopic (exact) mass is 619 g/mol. The number of hydrogen-bond donors (Lipinski definition) is 0. The Morgan fingerprint density at radius 2 is 1.39 bits per heavy atom. The van der Waals surface area contributed by atoms with Gasteiger partial charge in [0.15, 0.2) is 11.4 Å². The summed E-state index contributed by atoms with van der Waals surface area (Å²) in [7, 11) is 0. The molecule has 2 aromatic rings. The number of carbonyl (C=O) groups excluding carboxylic acids is 1. The van der Waals surface area contributed by atoms with Gasteiger partial charge in [0.1, 0.15) is 0 Å². The van der Waals surface area contributed by atoms with Crippen LogP contribution in [0.25, 0.3) is 0 Å². The molecule has 0 saturated carbocycles. The maximum Gasteiger partial charge on any atom is 0.267 e. The average Bonchev–Trinajstić information content (AvgIpc) is 3.64. The standard InChI is InChI=1S/C38H53NO4S/c1-4-5-6-11-20-27-37(41-29-30-42-37)28-21-12-9-7-8-10-19-26-34(40)39-35(31(2)3)38(43-36(39)44,32-22-15-13-16-23-32)33-24-17-14-18-25-33/h10,13-19,22-25,31,35H,4-9,11-12,20-21,26-30H2,1-3H3/t35-/m0/s1. The number of allylic oxidation sites excluding steroid dienone is 1. The van der Waals surface area contributed by atoms with E-state index < -0.39 is 5.60 Å². The first-order valence-electron chi connectivity index (χ1n) is 17.0. The smallest absolute Gasteiger partial charge is 0.267 e. The summed E-state index contributed by atoms with van der Waals surface area (Å²) in [6, 6.07) is 20.1. The molecule has 1 amide bonds. The van der Waals surface area contributed by atoms with Gasteiger partial charge in [0.2, 0.25) is 5.91 Å². The van der Waals surface area contributed by atoms with Crippen molar-refractivity contribution in [2.24, 2.45) is 5.92 Å². The molecule has 2 saturated heterocycles. The number of benzene rings is 2. The van der Waals surface area contributed by atoms with Crippen LogP contribution in [0.4, 0.5) is 0 Å². The minimum absolute atomic E-state index is 0.0183. The molecular weight excluding hydrogens is 566 g/mol. The van der Waals surface area contributed by atoms with Gasteiger partial charge in [-0.1, -0.05) is 132 Å². The van der Waals surface area contributed by atoms with Gasteiger partial charge in [-0.15, -0.1) is 0 Å². The minimum Gasteiger partial charge on any atom is -0.452 e. The number of unbranched alkanes of at least 4 members (excludes halogenated alkanes) is 8. The van der Waals surface area contributed by atoms with Gasteiger partial charge in [0.25, 0.3) is 5.17 Å². The normalized spacial score (nSPS) is 19.2. The fourth-order valence-corrected chi connectivity index (χ4v) is 7.23. The first-order chi connectivity index (χ1) is 21.4. The third kappa shape index (κ3) is 8.58. The van der Waals surface area contributed by atoms with Gasteiger partial charge >= 0.3 is 0 Å². The molecule has 2 fully saturated rings. The number of nitrogens with zero attached hydrogens (tertiary/aromatic N) is 1. The number of carbonyl (C=O) groups is 1. The number of thiocarbonyl (C=S) groups is 1. The Bertz CT molecular complexity index is 1140. The fourth-order valence-electron chi connectivity index (χ4n) is 6.88. The van der Waals surface area contributed by atoms with Gasteiger partial charge in [0.05, 0.1) is 19.3 Å². The molecule has 0 aromatic heterocycles. The molecule has 2 aromatic carbocycles. The molecule has 4 rings (SSSR count). The fraction of sp³-hybridized carbons (Fsp3) is 0.579. The van der Waals surface area contributed by atoms with Crippen LogP contribution >= 0.6 is 12.2 Å². The number of rotatable bonds is 18. The minimum atomic E-state index is -0.852. The van der Waals surface area contributed by atoms with Crippen LogP contribution in [-0.2, 0) is 24.6 Å². The van der Waals surface area contributed by atoms with E-state index in [1.165, 1.54) is 44.9 Å². The van der Waals surface area contributed by atoms with Crippen molar-refractivity contribution in [3.8, 4) is 0 Å². The van der Waals surface area contributed by atoms with Crippen LogP contribution in [0, 0.1) is 5.92 Å². The molecule has 0 radical (unpaired) electrons. The summed E-state index contributed by atoms with van der Waals surface area (Å²) in [5.74, 6) is -0.238. The van der Waals surface area contributed by atoms with Gasteiger partial charge in [-0.2, -0.15) is 0 Å². The van der Waals surface area contributed by atoms with E-state index in [2.05, 4.69) is 51.1 Å². The second kappa shape index (κ2) is 17.2. The lowest BCUT2D eigenvalue weighted by molar-refractivity contribution is -0.168. The molecule has 240 valence electrons. The summed E-state index contributed by atoms with van der Waals surface area (Å²) in [6.45, 7) is 7.98. The van der Waals surface area contributed by atoms with Crippen molar-refractivity contribution < 1.29 is 19.0 Å². The highest BCUT2D eigenvalue weighted by molar-refractivity contribution is 7.80. The van der Waals surface area contributed by atoms with Crippen LogP contribution in [0.15, 0.2) is 72.8 Å². The van der Waals surface area contributed by atoms with Crippen molar-refractivity contribution in [3.63, 3.8) is 0 Å². The van der Waals surface area contributed by atoms with Crippen molar-refractivity contribution in [2.75, 3.05) is 13.2 Å². The van der Waals surface area contributed by atoms with Gasteiger partial charge in [0, 0.05) is 30.4 Å². The number of ether oxygens (including phenoxy) is 3. The van der Waals surface area contributed by atoms with Crippen LogP contribution in [0.1, 0.15) is 115 Å². The lowest BCUT2D eigenvalue weighted by Crippen LogP contribution is -2.49. The van der Waals surface area contributed by atoms with Crippen molar-refractivity contribution in [1.29, 1.82) is 0 Å². The Kier molecular flexibility index (Phi) is 13.4. The molecule has 0 aliphatic carbocycles. The molecule has 44 heavy (non-hydrogen) atoms. The Morgan fingerprint density at radius 3 is 1.93 bits per heavy atom. The van der Waals surface area contributed by atoms with Crippen LogP contribution in [-0.4, -0.2) is 41.0 Å². The van der Waals surface area contributed by atoms with E-state index in [0.29, 0.717) is 6.42 Å². The highest BCUT2D eigenvalue weighted by atomic mass is 32.1. The SMILES string of the molecule is CCCCCCCC1(CCCCCCC=CCC(=O)N2C(=S)OC(c3ccccc3)(c3ccccc3)[C@@H]2C(C)C)OCCO1. The van der Waals surface area contributed by atoms with Crippen LogP contribution < -0.4 is 0 Å². The highest BCUT2D eigenvalue weighted by Gasteiger charge is 2.57. The Balaban J connectivity index is 1.26. The molecule has 2 aliphatic heterocycles. The molecule has 5 nitrogen and oxygen atoms in total. The van der Waals surface area contributed by atoms with Gasteiger partial charge in [-0.05, 0) is 43.8 Å². The third-order valence-corrected chi connectivity index (χ3v) is 9.34. The summed E-state index contributed by atoms with van der Waals surface area (Å²) in [6.07, 6.45) is 18.4. The Labute approximate surface area is 271 Å². The van der Waals surface area contributed by atoms with Crippen molar-refractivity contribution >= 4 is 23.3 Å². The predicted molar refractivity (Wildman–Crippen MR) is 182 cm³/mol. The molecule has 0 spiro atoms. The summed E-state index contributed by atoms with van der Waals surface area (Å²) in [5, 5.41) is 0.253. The molecule has 2 heterocycles. The zero-order valence-electron chi connectivity index (χ0n) is 27.2. The average molecular weight is 620 g/mol. The van der Waals surface area contributed by atoms with Crippen molar-refractivity contribution in [2.45, 2.75) is 122 Å². The number of hydrogen-bond acceptors (Lipinski definition) is 5. The zero-order chi connectivity index (χ0) is 31.3. The van der Waals surface area contributed by atoms with Gasteiger partial charge in [-0.25, -0.2) is 0 Å². The molecule has 1 atom stereocenters. The molecule has 6 heteroatoms. The van der Waals surface area contributed by atoms with E-state index in [0.717, 1.165) is 56.4 Å². The van der Waals surface area contributed by atoms with Crippen LogP contribution in [0.3, 0.4) is 0 Å². The summed E-state index contributed by atoms with van der Waals surface area (Å²) in [5.41, 5.74) is 1.15. The van der Waals surface area contributed by atoms with Crippen LogP contribution in [0.5, 0.6) is 0 Å². The first-order valence-corrected chi connectivity index (χ1v) is 17.4. The maximum absolute atomic E-state index is 13.7. The van der Waals surface area contributed by atoms with Crippen molar-refractivity contribution in [1.82, 2.24) is 4.90 Å². The van der Waals surface area contributed by atoms with Crippen molar-refractivity contribution in [3.05, 3.63) is 83.9 Å². The summed E-state index contributed by atoms with van der Waals surface area (Å²) >= 11 is 5.75. The van der Waals surface area contributed by atoms with Gasteiger partial charge in [-0.3, -0.25) is 9.69 Å². The van der Waals surface area contributed by atoms with E-state index in [-0.39, 0.29) is 28.8 Å². The summed E-state index contributed by atoms with van der Waals surface area (Å²) < 4.78 is 18.7. The quantitative estimate of drug-likeness (QED) is 0.0945. The van der Waals surface area contributed by atoms with E-state index in [1.807, 2.05) is 42.5 Å². The van der Waals surface area contributed by atoms with Crippen LogP contribution in [0.2, 0.25) is 0 Å². The summed E-state index contributed by atoms with van der Waals surface area (Å²) in [4.78, 5) is 15.4. The molecular formula is C38H53NO4S. The second-order valence-corrected chi connectivity index (χ2v) is 13.0. The molecule has 0 N–H and O–H groups in total. The van der Waals surface area contributed by atoms with Gasteiger partial charge < -0.3 is 14.2 Å². The predicted octanol–water partition coefficient (Wildman–Crippen LogP) is 9.49. The second-order valence-electron chi connectivity index (χ2n) is 12.7. The van der Waals surface area contributed by atoms with E-state index in [1.54, 1.807) is 4.90 Å². The molecule has 0 unspecified atom stereocenters. The first kappa shape index (κ1) is 34.3. The maximum atomic E-state index is 13.7.